The number of rotatable bonds is 4. The van der Waals surface area contributed by atoms with Gasteiger partial charge in [0.25, 0.3) is 0 Å². The summed E-state index contributed by atoms with van der Waals surface area (Å²) < 4.78 is 1.83. The summed E-state index contributed by atoms with van der Waals surface area (Å²) >= 11 is 0. The van der Waals surface area contributed by atoms with Gasteiger partial charge in [-0.3, -0.25) is 0 Å². The summed E-state index contributed by atoms with van der Waals surface area (Å²) in [7, 11) is 0. The zero-order chi connectivity index (χ0) is 12.3. The molecule has 2 aromatic rings. The lowest BCUT2D eigenvalue weighted by Gasteiger charge is -2.02. The molecule has 3 heteroatoms. The standard InChI is InChI=1S/C14H19N3/c1-3-4-10-13-11(2)14(15)17(16-13)12-8-6-5-7-9-12/h5-9H,3-4,10,15H2,1-2H3. The first-order valence-electron chi connectivity index (χ1n) is 6.13. The second-order valence-electron chi connectivity index (χ2n) is 4.31. The van der Waals surface area contributed by atoms with Gasteiger partial charge in [0.05, 0.1) is 11.4 Å². The SMILES string of the molecule is CCCCc1nn(-c2ccccc2)c(N)c1C. The number of nitrogens with zero attached hydrogens (tertiary/aromatic N) is 2. The number of para-hydroxylation sites is 1. The summed E-state index contributed by atoms with van der Waals surface area (Å²) in [5.41, 5.74) is 9.36. The highest BCUT2D eigenvalue weighted by Gasteiger charge is 2.11. The molecule has 0 aliphatic carbocycles. The summed E-state index contributed by atoms with van der Waals surface area (Å²) in [6, 6.07) is 10.0. The highest BCUT2D eigenvalue weighted by molar-refractivity contribution is 5.49. The fraction of sp³-hybridized carbons (Fsp3) is 0.357. The average molecular weight is 229 g/mol. The maximum Gasteiger partial charge on any atom is 0.130 e. The van der Waals surface area contributed by atoms with Gasteiger partial charge in [-0.15, -0.1) is 0 Å². The van der Waals surface area contributed by atoms with E-state index in [4.69, 9.17) is 5.73 Å². The Labute approximate surface area is 102 Å². The van der Waals surface area contributed by atoms with Gasteiger partial charge >= 0.3 is 0 Å². The quantitative estimate of drug-likeness (QED) is 0.875. The van der Waals surface area contributed by atoms with E-state index in [0.29, 0.717) is 0 Å². The van der Waals surface area contributed by atoms with Crippen LogP contribution in [0.3, 0.4) is 0 Å². The minimum Gasteiger partial charge on any atom is -0.383 e. The molecule has 0 amide bonds. The number of anilines is 1. The fourth-order valence-electron chi connectivity index (χ4n) is 1.90. The monoisotopic (exact) mass is 229 g/mol. The van der Waals surface area contributed by atoms with Crippen molar-refractivity contribution in [3.8, 4) is 5.69 Å². The van der Waals surface area contributed by atoms with Gasteiger partial charge in [0.2, 0.25) is 0 Å². The molecule has 0 fully saturated rings. The van der Waals surface area contributed by atoms with E-state index < -0.39 is 0 Å². The number of benzene rings is 1. The Morgan fingerprint density at radius 3 is 2.59 bits per heavy atom. The Kier molecular flexibility index (Phi) is 3.47. The lowest BCUT2D eigenvalue weighted by molar-refractivity contribution is 0.751. The zero-order valence-electron chi connectivity index (χ0n) is 10.5. The van der Waals surface area contributed by atoms with Crippen molar-refractivity contribution in [1.29, 1.82) is 0 Å². The minimum absolute atomic E-state index is 0.752. The van der Waals surface area contributed by atoms with Crippen molar-refractivity contribution in [1.82, 2.24) is 9.78 Å². The molecular formula is C14H19N3. The third-order valence-electron chi connectivity index (χ3n) is 3.03. The normalized spacial score (nSPS) is 10.7. The molecule has 0 aliphatic heterocycles. The molecule has 1 heterocycles. The van der Waals surface area contributed by atoms with Crippen LogP contribution in [0.15, 0.2) is 30.3 Å². The predicted octanol–water partition coefficient (Wildman–Crippen LogP) is 3.11. The molecule has 0 radical (unpaired) electrons. The van der Waals surface area contributed by atoms with Gasteiger partial charge in [-0.05, 0) is 31.9 Å². The lowest BCUT2D eigenvalue weighted by atomic mass is 10.1. The molecule has 0 aliphatic rings. The van der Waals surface area contributed by atoms with E-state index in [1.54, 1.807) is 0 Å². The van der Waals surface area contributed by atoms with Crippen LogP contribution in [0.2, 0.25) is 0 Å². The van der Waals surface area contributed by atoms with Gasteiger partial charge in [-0.1, -0.05) is 31.5 Å². The predicted molar refractivity (Wildman–Crippen MR) is 71.3 cm³/mol. The Hall–Kier alpha value is -1.77. The van der Waals surface area contributed by atoms with Crippen molar-refractivity contribution in [2.75, 3.05) is 5.73 Å². The molecule has 0 unspecified atom stereocenters. The number of aryl methyl sites for hydroxylation is 1. The topological polar surface area (TPSA) is 43.8 Å². The van der Waals surface area contributed by atoms with Crippen LogP contribution < -0.4 is 5.73 Å². The maximum absolute atomic E-state index is 6.11. The number of nitrogen functional groups attached to an aromatic ring is 1. The number of hydrogen-bond acceptors (Lipinski definition) is 2. The smallest absolute Gasteiger partial charge is 0.130 e. The molecule has 0 bridgehead atoms. The first-order chi connectivity index (χ1) is 8.24. The minimum atomic E-state index is 0.752. The molecule has 0 saturated carbocycles. The van der Waals surface area contributed by atoms with Crippen LogP contribution in [-0.4, -0.2) is 9.78 Å². The van der Waals surface area contributed by atoms with Crippen LogP contribution in [0.5, 0.6) is 0 Å². The Bertz CT molecular complexity index is 486. The van der Waals surface area contributed by atoms with E-state index in [1.165, 1.54) is 6.42 Å². The Balaban J connectivity index is 2.36. The third-order valence-corrected chi connectivity index (χ3v) is 3.03. The molecule has 2 rings (SSSR count). The number of hydrogen-bond donors (Lipinski definition) is 1. The van der Waals surface area contributed by atoms with Gasteiger partial charge in [0, 0.05) is 5.56 Å². The number of unbranched alkanes of at least 4 members (excludes halogenated alkanes) is 1. The molecular weight excluding hydrogens is 210 g/mol. The number of nitrogens with two attached hydrogens (primary N) is 1. The van der Waals surface area contributed by atoms with E-state index in [-0.39, 0.29) is 0 Å². The molecule has 2 N–H and O–H groups in total. The van der Waals surface area contributed by atoms with Crippen molar-refractivity contribution in [2.24, 2.45) is 0 Å². The maximum atomic E-state index is 6.11. The first-order valence-corrected chi connectivity index (χ1v) is 6.13. The van der Waals surface area contributed by atoms with Crippen LogP contribution in [0.25, 0.3) is 5.69 Å². The van der Waals surface area contributed by atoms with Crippen molar-refractivity contribution in [3.63, 3.8) is 0 Å². The first kappa shape index (κ1) is 11.7. The molecule has 17 heavy (non-hydrogen) atoms. The van der Waals surface area contributed by atoms with E-state index in [1.807, 2.05) is 41.9 Å². The Morgan fingerprint density at radius 1 is 1.24 bits per heavy atom. The van der Waals surface area contributed by atoms with Crippen LogP contribution in [0.4, 0.5) is 5.82 Å². The average Bonchev–Trinajstić information content (AvgIpc) is 2.65. The summed E-state index contributed by atoms with van der Waals surface area (Å²) in [6.45, 7) is 4.24. The summed E-state index contributed by atoms with van der Waals surface area (Å²) in [4.78, 5) is 0. The van der Waals surface area contributed by atoms with Crippen LogP contribution in [-0.2, 0) is 6.42 Å². The molecule has 0 atom stereocenters. The van der Waals surface area contributed by atoms with Crippen molar-refractivity contribution in [2.45, 2.75) is 33.1 Å². The van der Waals surface area contributed by atoms with E-state index >= 15 is 0 Å². The van der Waals surface area contributed by atoms with E-state index in [0.717, 1.165) is 35.6 Å². The van der Waals surface area contributed by atoms with Crippen molar-refractivity contribution >= 4 is 5.82 Å². The van der Waals surface area contributed by atoms with Crippen LogP contribution >= 0.6 is 0 Å². The highest BCUT2D eigenvalue weighted by atomic mass is 15.3. The van der Waals surface area contributed by atoms with Gasteiger partial charge in [-0.25, -0.2) is 4.68 Å². The molecule has 1 aromatic carbocycles. The third kappa shape index (κ3) is 2.33. The van der Waals surface area contributed by atoms with Crippen molar-refractivity contribution in [3.05, 3.63) is 41.6 Å². The number of aromatic nitrogens is 2. The summed E-state index contributed by atoms with van der Waals surface area (Å²) in [6.07, 6.45) is 3.34. The second kappa shape index (κ2) is 5.04. The summed E-state index contributed by atoms with van der Waals surface area (Å²) in [5.74, 6) is 0.752. The summed E-state index contributed by atoms with van der Waals surface area (Å²) in [5, 5.41) is 4.61. The zero-order valence-corrected chi connectivity index (χ0v) is 10.5. The van der Waals surface area contributed by atoms with Crippen molar-refractivity contribution < 1.29 is 0 Å². The molecule has 90 valence electrons. The van der Waals surface area contributed by atoms with E-state index in [9.17, 15) is 0 Å². The fourth-order valence-corrected chi connectivity index (χ4v) is 1.90. The van der Waals surface area contributed by atoms with Gasteiger partial charge in [-0.2, -0.15) is 5.10 Å². The van der Waals surface area contributed by atoms with Crippen LogP contribution in [0, 0.1) is 6.92 Å². The molecule has 1 aromatic heterocycles. The largest absolute Gasteiger partial charge is 0.383 e. The lowest BCUT2D eigenvalue weighted by Crippen LogP contribution is -2.01. The van der Waals surface area contributed by atoms with Crippen LogP contribution in [0.1, 0.15) is 31.0 Å². The second-order valence-corrected chi connectivity index (χ2v) is 4.31. The Morgan fingerprint density at radius 2 is 1.94 bits per heavy atom. The molecule has 0 spiro atoms. The van der Waals surface area contributed by atoms with E-state index in [2.05, 4.69) is 12.0 Å². The van der Waals surface area contributed by atoms with Gasteiger partial charge < -0.3 is 5.73 Å². The van der Waals surface area contributed by atoms with Gasteiger partial charge in [0.1, 0.15) is 5.82 Å². The van der Waals surface area contributed by atoms with Gasteiger partial charge in [0.15, 0.2) is 0 Å². The highest BCUT2D eigenvalue weighted by Crippen LogP contribution is 2.21. The molecule has 3 nitrogen and oxygen atoms in total. The molecule has 0 saturated heterocycles.